The molecule has 0 saturated carbocycles. The Bertz CT molecular complexity index is 1520. The van der Waals surface area contributed by atoms with E-state index in [9.17, 15) is 9.59 Å². The van der Waals surface area contributed by atoms with Gasteiger partial charge in [-0.1, -0.05) is 77.4 Å². The molecule has 2 heterocycles. The lowest BCUT2D eigenvalue weighted by Crippen LogP contribution is -2.44. The van der Waals surface area contributed by atoms with Crippen LogP contribution >= 0.6 is 47.2 Å². The maximum atomic E-state index is 13.1. The normalized spacial score (nSPS) is 14.8. The molecule has 1 saturated heterocycles. The van der Waals surface area contributed by atoms with Gasteiger partial charge >= 0.3 is 0 Å². The zero-order valence-corrected chi connectivity index (χ0v) is 21.2. The van der Waals surface area contributed by atoms with E-state index in [0.717, 1.165) is 38.8 Å². The van der Waals surface area contributed by atoms with Crippen molar-refractivity contribution >= 4 is 80.3 Å². The number of halogens is 2. The fourth-order valence-corrected chi connectivity index (χ4v) is 5.45. The van der Waals surface area contributed by atoms with E-state index in [1.807, 2.05) is 48.7 Å². The SMILES string of the molecule is O=C(NN1C(=O)C(=Cc2cn(Cc3ccc(Cl)cc3Cl)c3ccccc23)SC1=S)c1ccccc1. The van der Waals surface area contributed by atoms with Crippen LogP contribution in [0.2, 0.25) is 10.0 Å². The highest BCUT2D eigenvalue weighted by Gasteiger charge is 2.34. The van der Waals surface area contributed by atoms with Gasteiger partial charge < -0.3 is 4.57 Å². The molecule has 1 aliphatic heterocycles. The van der Waals surface area contributed by atoms with Crippen molar-refractivity contribution in [2.45, 2.75) is 6.54 Å². The third-order valence-corrected chi connectivity index (χ3v) is 7.39. The van der Waals surface area contributed by atoms with Gasteiger partial charge in [-0.2, -0.15) is 5.01 Å². The van der Waals surface area contributed by atoms with Gasteiger partial charge in [-0.05, 0) is 54.2 Å². The van der Waals surface area contributed by atoms with Crippen molar-refractivity contribution in [2.75, 3.05) is 0 Å². The minimum atomic E-state index is -0.403. The average Bonchev–Trinajstić information content (AvgIpc) is 3.33. The number of fused-ring (bicyclic) bond motifs is 1. The molecular weight excluding hydrogens is 521 g/mol. The number of amides is 2. The molecule has 0 bridgehead atoms. The number of thiocarbonyl (C=S) groups is 1. The molecule has 1 aromatic heterocycles. The van der Waals surface area contributed by atoms with E-state index in [4.69, 9.17) is 35.4 Å². The number of hydrogen-bond donors (Lipinski definition) is 1. The number of hydrogen-bond acceptors (Lipinski definition) is 4. The number of nitrogens with zero attached hydrogens (tertiary/aromatic N) is 2. The molecule has 9 heteroatoms. The zero-order chi connectivity index (χ0) is 24.5. The van der Waals surface area contributed by atoms with Crippen molar-refractivity contribution in [1.29, 1.82) is 0 Å². The Morgan fingerprint density at radius 3 is 2.54 bits per heavy atom. The summed E-state index contributed by atoms with van der Waals surface area (Å²) in [7, 11) is 0. The summed E-state index contributed by atoms with van der Waals surface area (Å²) in [6.45, 7) is 0.540. The Hall–Kier alpha value is -3.10. The number of nitrogens with one attached hydrogen (secondary N) is 1. The van der Waals surface area contributed by atoms with Crippen molar-refractivity contribution in [1.82, 2.24) is 15.0 Å². The van der Waals surface area contributed by atoms with Crippen LogP contribution in [-0.4, -0.2) is 25.7 Å². The zero-order valence-electron chi connectivity index (χ0n) is 18.1. The summed E-state index contributed by atoms with van der Waals surface area (Å²) in [6, 6.07) is 22.0. The molecule has 4 aromatic rings. The first-order chi connectivity index (χ1) is 16.9. The van der Waals surface area contributed by atoms with Gasteiger partial charge in [0.25, 0.3) is 11.8 Å². The predicted molar refractivity (Wildman–Crippen MR) is 146 cm³/mol. The van der Waals surface area contributed by atoms with E-state index < -0.39 is 5.91 Å². The van der Waals surface area contributed by atoms with Gasteiger partial charge in [-0.15, -0.1) is 0 Å². The molecule has 35 heavy (non-hydrogen) atoms. The van der Waals surface area contributed by atoms with Gasteiger partial charge in [-0.3, -0.25) is 15.0 Å². The lowest BCUT2D eigenvalue weighted by molar-refractivity contribution is -0.123. The summed E-state index contributed by atoms with van der Waals surface area (Å²) in [4.78, 5) is 26.1. The summed E-state index contributed by atoms with van der Waals surface area (Å²) in [5.41, 5.74) is 5.84. The third-order valence-electron chi connectivity index (χ3n) is 5.50. The number of hydrazine groups is 1. The van der Waals surface area contributed by atoms with Gasteiger partial charge in [0.05, 0.1) is 4.91 Å². The number of aromatic nitrogens is 1. The molecule has 5 nitrogen and oxygen atoms in total. The second kappa shape index (κ2) is 9.87. The van der Waals surface area contributed by atoms with E-state index >= 15 is 0 Å². The molecule has 2 amide bonds. The van der Waals surface area contributed by atoms with Crippen LogP contribution in [0.1, 0.15) is 21.5 Å². The third kappa shape index (κ3) is 4.86. The van der Waals surface area contributed by atoms with Gasteiger partial charge in [0, 0.05) is 44.8 Å². The van der Waals surface area contributed by atoms with Gasteiger partial charge in [0.15, 0.2) is 4.32 Å². The number of para-hydroxylation sites is 1. The van der Waals surface area contributed by atoms with Crippen LogP contribution in [0, 0.1) is 0 Å². The molecular formula is C26H17Cl2N3O2S2. The summed E-state index contributed by atoms with van der Waals surface area (Å²) >= 11 is 19.0. The van der Waals surface area contributed by atoms with Crippen LogP contribution in [0.3, 0.4) is 0 Å². The number of thioether (sulfide) groups is 1. The minimum absolute atomic E-state index is 0.266. The molecule has 0 radical (unpaired) electrons. The summed E-state index contributed by atoms with van der Waals surface area (Å²) < 4.78 is 2.34. The Morgan fingerprint density at radius 1 is 1.03 bits per heavy atom. The highest BCUT2D eigenvalue weighted by atomic mass is 35.5. The van der Waals surface area contributed by atoms with Crippen LogP contribution in [0.4, 0.5) is 0 Å². The van der Waals surface area contributed by atoms with Crippen molar-refractivity contribution < 1.29 is 9.59 Å². The Balaban J connectivity index is 1.44. The minimum Gasteiger partial charge on any atom is -0.342 e. The molecule has 1 N–H and O–H groups in total. The largest absolute Gasteiger partial charge is 0.342 e. The van der Waals surface area contributed by atoms with Crippen molar-refractivity contribution in [3.8, 4) is 0 Å². The predicted octanol–water partition coefficient (Wildman–Crippen LogP) is 6.54. The maximum Gasteiger partial charge on any atom is 0.285 e. The van der Waals surface area contributed by atoms with E-state index in [2.05, 4.69) is 9.99 Å². The highest BCUT2D eigenvalue weighted by molar-refractivity contribution is 8.26. The van der Waals surface area contributed by atoms with Crippen LogP contribution < -0.4 is 5.43 Å². The Labute approximate surface area is 221 Å². The number of rotatable bonds is 5. The maximum absolute atomic E-state index is 13.1. The van der Waals surface area contributed by atoms with E-state index in [1.165, 1.54) is 0 Å². The fraction of sp³-hybridized carbons (Fsp3) is 0.0385. The second-order valence-corrected chi connectivity index (χ2v) is 10.3. The summed E-state index contributed by atoms with van der Waals surface area (Å²) in [5, 5.41) is 3.27. The quantitative estimate of drug-likeness (QED) is 0.232. The van der Waals surface area contributed by atoms with E-state index in [0.29, 0.717) is 27.1 Å². The molecule has 174 valence electrons. The van der Waals surface area contributed by atoms with Gasteiger partial charge in [0.1, 0.15) is 0 Å². The van der Waals surface area contributed by atoms with Crippen molar-refractivity contribution in [3.05, 3.63) is 111 Å². The van der Waals surface area contributed by atoms with Crippen LogP contribution in [0.15, 0.2) is 83.9 Å². The van der Waals surface area contributed by atoms with Gasteiger partial charge in [0.2, 0.25) is 0 Å². The first-order valence-corrected chi connectivity index (χ1v) is 12.5. The number of carbonyl (C=O) groups is 2. The standard InChI is InChI=1S/C26H17Cl2N3O2S2/c27-19-11-10-17(21(28)13-19)14-30-15-18(20-8-4-5-9-22(20)30)12-23-25(33)31(26(34)35-23)29-24(32)16-6-2-1-3-7-16/h1-13,15H,14H2,(H,29,32). The molecule has 0 aliphatic carbocycles. The smallest absolute Gasteiger partial charge is 0.285 e. The van der Waals surface area contributed by atoms with Gasteiger partial charge in [-0.25, -0.2) is 0 Å². The first kappa shape index (κ1) is 23.6. The van der Waals surface area contributed by atoms with Crippen LogP contribution in [0.5, 0.6) is 0 Å². The topological polar surface area (TPSA) is 54.3 Å². The Kier molecular flexibility index (Phi) is 6.67. The van der Waals surface area contributed by atoms with E-state index in [-0.39, 0.29) is 10.2 Å². The Morgan fingerprint density at radius 2 is 1.77 bits per heavy atom. The summed E-state index contributed by atoms with van der Waals surface area (Å²) in [5.74, 6) is -0.776. The number of benzene rings is 3. The molecule has 5 rings (SSSR count). The molecule has 3 aromatic carbocycles. The van der Waals surface area contributed by atoms with Crippen molar-refractivity contribution in [3.63, 3.8) is 0 Å². The second-order valence-electron chi connectivity index (χ2n) is 7.79. The fourth-order valence-electron chi connectivity index (χ4n) is 3.82. The molecule has 0 unspecified atom stereocenters. The molecule has 0 atom stereocenters. The van der Waals surface area contributed by atoms with Crippen LogP contribution in [0.25, 0.3) is 17.0 Å². The molecule has 0 spiro atoms. The van der Waals surface area contributed by atoms with Crippen molar-refractivity contribution in [2.24, 2.45) is 0 Å². The summed E-state index contributed by atoms with van der Waals surface area (Å²) in [6.07, 6.45) is 3.78. The first-order valence-electron chi connectivity index (χ1n) is 10.6. The van der Waals surface area contributed by atoms with Crippen LogP contribution in [-0.2, 0) is 11.3 Å². The average molecular weight is 538 g/mol. The molecule has 1 fully saturated rings. The lowest BCUT2D eigenvalue weighted by atomic mass is 10.1. The monoisotopic (exact) mass is 537 g/mol. The lowest BCUT2D eigenvalue weighted by Gasteiger charge is -2.15. The highest BCUT2D eigenvalue weighted by Crippen LogP contribution is 2.34. The molecule has 1 aliphatic rings. The number of carbonyl (C=O) groups excluding carboxylic acids is 2. The van der Waals surface area contributed by atoms with E-state index in [1.54, 1.807) is 36.4 Å².